The van der Waals surface area contributed by atoms with Gasteiger partial charge in [-0.15, -0.1) is 0 Å². The molecule has 138 valence electrons. The highest BCUT2D eigenvalue weighted by Crippen LogP contribution is 2.26. The quantitative estimate of drug-likeness (QED) is 0.556. The number of ether oxygens (including phenoxy) is 1. The largest absolute Gasteiger partial charge is 0.496 e. The molecule has 0 bridgehead atoms. The summed E-state index contributed by atoms with van der Waals surface area (Å²) in [7, 11) is 1.67. The lowest BCUT2D eigenvalue weighted by Gasteiger charge is -2.08. The van der Waals surface area contributed by atoms with Crippen molar-refractivity contribution in [3.05, 3.63) is 65.6 Å². The van der Waals surface area contributed by atoms with Crippen LogP contribution < -0.4 is 10.1 Å². The van der Waals surface area contributed by atoms with Crippen molar-refractivity contribution in [2.75, 3.05) is 13.7 Å². The number of hydrogen-bond acceptors (Lipinski definition) is 4. The minimum atomic E-state index is -0.0857. The molecule has 0 radical (unpaired) electrons. The molecule has 27 heavy (non-hydrogen) atoms. The van der Waals surface area contributed by atoms with Crippen LogP contribution in [0.15, 0.2) is 55.0 Å². The standard InChI is InChI=1S/C20H20N4O2S/c1-14-18(27-20(22-14)24-10-3-4-11-24)19(25)21-9-13-23-12-8-15-16(23)6-5-7-17(15)26-2/h3-8,10-12H,9,13H2,1-2H3,(H,21,25). The van der Waals surface area contributed by atoms with E-state index < -0.39 is 0 Å². The zero-order valence-corrected chi connectivity index (χ0v) is 16.0. The number of aromatic nitrogens is 3. The van der Waals surface area contributed by atoms with Crippen LogP contribution in [0.2, 0.25) is 0 Å². The molecule has 6 nitrogen and oxygen atoms in total. The Balaban J connectivity index is 1.43. The van der Waals surface area contributed by atoms with Crippen molar-refractivity contribution in [2.45, 2.75) is 13.5 Å². The third-order valence-corrected chi connectivity index (χ3v) is 5.62. The number of nitrogens with zero attached hydrogens (tertiary/aromatic N) is 3. The summed E-state index contributed by atoms with van der Waals surface area (Å²) in [5.74, 6) is 0.769. The molecule has 7 heteroatoms. The molecule has 1 N–H and O–H groups in total. The van der Waals surface area contributed by atoms with Crippen molar-refractivity contribution in [3.8, 4) is 10.9 Å². The summed E-state index contributed by atoms with van der Waals surface area (Å²) in [5.41, 5.74) is 1.84. The average molecular weight is 380 g/mol. The van der Waals surface area contributed by atoms with Gasteiger partial charge < -0.3 is 19.2 Å². The topological polar surface area (TPSA) is 61.1 Å². The maximum Gasteiger partial charge on any atom is 0.263 e. The minimum Gasteiger partial charge on any atom is -0.496 e. The lowest BCUT2D eigenvalue weighted by atomic mass is 10.2. The number of aryl methyl sites for hydroxylation is 1. The SMILES string of the molecule is COc1cccc2c1ccn2CCNC(=O)c1sc(-n2cccc2)nc1C. The Morgan fingerprint density at radius 1 is 1.19 bits per heavy atom. The molecular weight excluding hydrogens is 360 g/mol. The van der Waals surface area contributed by atoms with Crippen LogP contribution in [0.4, 0.5) is 0 Å². The second-order valence-corrected chi connectivity index (χ2v) is 7.14. The van der Waals surface area contributed by atoms with Crippen LogP contribution in [0.5, 0.6) is 5.75 Å². The van der Waals surface area contributed by atoms with Gasteiger partial charge in [-0.25, -0.2) is 4.98 Å². The van der Waals surface area contributed by atoms with E-state index in [1.165, 1.54) is 11.3 Å². The number of nitrogens with one attached hydrogen (secondary N) is 1. The fraction of sp³-hybridized carbons (Fsp3) is 0.200. The number of carbonyl (C=O) groups excluding carboxylic acids is 1. The molecular formula is C20H20N4O2S. The third-order valence-electron chi connectivity index (χ3n) is 4.45. The van der Waals surface area contributed by atoms with Crippen LogP contribution in [-0.2, 0) is 6.54 Å². The van der Waals surface area contributed by atoms with Crippen LogP contribution in [0.1, 0.15) is 15.4 Å². The average Bonchev–Trinajstić information content (AvgIpc) is 3.41. The van der Waals surface area contributed by atoms with E-state index in [4.69, 9.17) is 4.74 Å². The number of methoxy groups -OCH3 is 1. The highest BCUT2D eigenvalue weighted by atomic mass is 32.1. The van der Waals surface area contributed by atoms with E-state index in [9.17, 15) is 4.79 Å². The Morgan fingerprint density at radius 2 is 2.00 bits per heavy atom. The maximum atomic E-state index is 12.6. The highest BCUT2D eigenvalue weighted by molar-refractivity contribution is 7.16. The van der Waals surface area contributed by atoms with E-state index in [0.717, 1.165) is 27.5 Å². The van der Waals surface area contributed by atoms with Gasteiger partial charge in [-0.1, -0.05) is 17.4 Å². The Labute approximate surface area is 161 Å². The lowest BCUT2D eigenvalue weighted by Crippen LogP contribution is -2.26. The Bertz CT molecular complexity index is 1080. The fourth-order valence-electron chi connectivity index (χ4n) is 3.10. The van der Waals surface area contributed by atoms with Gasteiger partial charge in [-0.3, -0.25) is 4.79 Å². The van der Waals surface area contributed by atoms with Crippen molar-refractivity contribution in [1.82, 2.24) is 19.4 Å². The van der Waals surface area contributed by atoms with Gasteiger partial charge in [0.1, 0.15) is 10.6 Å². The van der Waals surface area contributed by atoms with Gasteiger partial charge in [0.2, 0.25) is 0 Å². The van der Waals surface area contributed by atoms with Crippen LogP contribution >= 0.6 is 11.3 Å². The van der Waals surface area contributed by atoms with Gasteiger partial charge in [0.15, 0.2) is 5.13 Å². The lowest BCUT2D eigenvalue weighted by molar-refractivity contribution is 0.0955. The first-order chi connectivity index (χ1) is 13.2. The summed E-state index contributed by atoms with van der Waals surface area (Å²) in [4.78, 5) is 17.7. The second kappa shape index (κ2) is 7.28. The minimum absolute atomic E-state index is 0.0857. The molecule has 1 aromatic carbocycles. The van der Waals surface area contributed by atoms with Crippen LogP contribution in [0, 0.1) is 6.92 Å². The van der Waals surface area contributed by atoms with E-state index >= 15 is 0 Å². The molecule has 4 rings (SSSR count). The molecule has 0 aliphatic heterocycles. The molecule has 0 spiro atoms. The molecule has 0 saturated carbocycles. The fourth-order valence-corrected chi connectivity index (χ4v) is 4.05. The maximum absolute atomic E-state index is 12.6. The van der Waals surface area contributed by atoms with Crippen molar-refractivity contribution in [3.63, 3.8) is 0 Å². The molecule has 0 aliphatic rings. The predicted molar refractivity (Wildman–Crippen MR) is 107 cm³/mol. The van der Waals surface area contributed by atoms with E-state index in [0.29, 0.717) is 18.0 Å². The first-order valence-electron chi connectivity index (χ1n) is 8.68. The molecule has 4 aromatic rings. The van der Waals surface area contributed by atoms with Crippen molar-refractivity contribution in [1.29, 1.82) is 0 Å². The molecule has 3 heterocycles. The highest BCUT2D eigenvalue weighted by Gasteiger charge is 2.15. The van der Waals surface area contributed by atoms with Gasteiger partial charge in [0.25, 0.3) is 5.91 Å². The number of rotatable bonds is 6. The van der Waals surface area contributed by atoms with Crippen molar-refractivity contribution < 1.29 is 9.53 Å². The monoisotopic (exact) mass is 380 g/mol. The first kappa shape index (κ1) is 17.4. The molecule has 0 unspecified atom stereocenters. The van der Waals surface area contributed by atoms with Gasteiger partial charge in [-0.2, -0.15) is 0 Å². The number of thiazole rings is 1. The van der Waals surface area contributed by atoms with Crippen molar-refractivity contribution >= 4 is 28.1 Å². The molecule has 0 atom stereocenters. The van der Waals surface area contributed by atoms with E-state index in [1.54, 1.807) is 7.11 Å². The van der Waals surface area contributed by atoms with Gasteiger partial charge in [0, 0.05) is 37.1 Å². The van der Waals surface area contributed by atoms with Crippen molar-refractivity contribution in [2.24, 2.45) is 0 Å². The zero-order chi connectivity index (χ0) is 18.8. The van der Waals surface area contributed by atoms with Crippen LogP contribution in [-0.4, -0.2) is 33.7 Å². The summed E-state index contributed by atoms with van der Waals surface area (Å²) in [6.45, 7) is 3.09. The van der Waals surface area contributed by atoms with E-state index in [-0.39, 0.29) is 5.91 Å². The Kier molecular flexibility index (Phi) is 4.68. The molecule has 3 aromatic heterocycles. The molecule has 0 fully saturated rings. The summed E-state index contributed by atoms with van der Waals surface area (Å²) in [5, 5.41) is 4.87. The normalized spacial score (nSPS) is 11.0. The van der Waals surface area contributed by atoms with Gasteiger partial charge in [0.05, 0.1) is 18.3 Å². The van der Waals surface area contributed by atoms with Crippen LogP contribution in [0.25, 0.3) is 16.0 Å². The number of benzene rings is 1. The van der Waals surface area contributed by atoms with Gasteiger partial charge in [-0.05, 0) is 37.3 Å². The smallest absolute Gasteiger partial charge is 0.263 e. The number of amides is 1. The molecule has 1 amide bonds. The number of fused-ring (bicyclic) bond motifs is 1. The predicted octanol–water partition coefficient (Wildman–Crippen LogP) is 3.64. The van der Waals surface area contributed by atoms with Gasteiger partial charge >= 0.3 is 0 Å². The van der Waals surface area contributed by atoms with E-state index in [1.807, 2.05) is 60.4 Å². The Morgan fingerprint density at radius 3 is 2.78 bits per heavy atom. The molecule has 0 saturated heterocycles. The second-order valence-electron chi connectivity index (χ2n) is 6.16. The van der Waals surface area contributed by atoms with Crippen LogP contribution in [0.3, 0.4) is 0 Å². The Hall–Kier alpha value is -3.06. The summed E-state index contributed by atoms with van der Waals surface area (Å²) in [6.07, 6.45) is 5.86. The number of carbonyl (C=O) groups is 1. The third kappa shape index (κ3) is 3.33. The van der Waals surface area contributed by atoms with E-state index in [2.05, 4.69) is 20.9 Å². The zero-order valence-electron chi connectivity index (χ0n) is 15.2. The molecule has 0 aliphatic carbocycles. The first-order valence-corrected chi connectivity index (χ1v) is 9.50. The number of hydrogen-bond donors (Lipinski definition) is 1. The summed E-state index contributed by atoms with van der Waals surface area (Å²) < 4.78 is 9.42. The summed E-state index contributed by atoms with van der Waals surface area (Å²) in [6, 6.07) is 11.9. The summed E-state index contributed by atoms with van der Waals surface area (Å²) >= 11 is 1.40.